The minimum Gasteiger partial charge on any atom is -0.399 e. The lowest BCUT2D eigenvalue weighted by molar-refractivity contribution is -0.0416. The van der Waals surface area contributed by atoms with Crippen molar-refractivity contribution in [3.8, 4) is 0 Å². The molecule has 0 radical (unpaired) electrons. The summed E-state index contributed by atoms with van der Waals surface area (Å²) in [5, 5.41) is 3.34. The number of aromatic amines is 1. The number of benzene rings is 1. The van der Waals surface area contributed by atoms with Crippen molar-refractivity contribution in [2.45, 2.75) is 25.0 Å². The van der Waals surface area contributed by atoms with Crippen LogP contribution >= 0.6 is 0 Å². The molecule has 6 heteroatoms. The predicted molar refractivity (Wildman–Crippen MR) is 83.3 cm³/mol. The number of fused-ring (bicyclic) bond motifs is 2. The molecule has 1 aromatic carbocycles. The number of rotatable bonds is 3. The Bertz CT molecular complexity index is 640. The van der Waals surface area contributed by atoms with E-state index in [0.717, 1.165) is 42.4 Å². The standard InChI is InChI=1S/C15H21N5O/c16-10-3-4-13-14(6-10)19-15(18-13)17-7-12-8-20-5-1-2-11(20)9-21-12/h3-4,6,11-12H,1-2,5,7-9,16H2,(H2,17,18,19). The first-order chi connectivity index (χ1) is 10.3. The molecular weight excluding hydrogens is 266 g/mol. The largest absolute Gasteiger partial charge is 0.399 e. The zero-order chi connectivity index (χ0) is 14.2. The lowest BCUT2D eigenvalue weighted by atomic mass is 10.2. The normalized spacial score (nSPS) is 26.1. The van der Waals surface area contributed by atoms with Crippen LogP contribution in [-0.4, -0.2) is 53.3 Å². The van der Waals surface area contributed by atoms with Crippen LogP contribution in [0.5, 0.6) is 0 Å². The van der Waals surface area contributed by atoms with Crippen molar-refractivity contribution in [1.29, 1.82) is 0 Å². The van der Waals surface area contributed by atoms with Gasteiger partial charge in [-0.15, -0.1) is 0 Å². The van der Waals surface area contributed by atoms with E-state index in [1.165, 1.54) is 19.4 Å². The van der Waals surface area contributed by atoms with Gasteiger partial charge < -0.3 is 20.8 Å². The molecule has 1 aromatic heterocycles. The molecule has 2 fully saturated rings. The minimum absolute atomic E-state index is 0.234. The lowest BCUT2D eigenvalue weighted by Crippen LogP contribution is -2.48. The van der Waals surface area contributed by atoms with Gasteiger partial charge in [0.25, 0.3) is 0 Å². The van der Waals surface area contributed by atoms with E-state index in [4.69, 9.17) is 10.5 Å². The maximum absolute atomic E-state index is 5.94. The van der Waals surface area contributed by atoms with Gasteiger partial charge in [-0.1, -0.05) is 0 Å². The number of imidazole rings is 1. The Balaban J connectivity index is 1.39. The molecular formula is C15H21N5O. The Hall–Kier alpha value is -1.79. The van der Waals surface area contributed by atoms with Crippen LogP contribution in [-0.2, 0) is 4.74 Å². The average Bonchev–Trinajstić information content (AvgIpc) is 3.09. The molecule has 2 atom stereocenters. The molecule has 112 valence electrons. The first-order valence-corrected chi connectivity index (χ1v) is 7.63. The quantitative estimate of drug-likeness (QED) is 0.744. The van der Waals surface area contributed by atoms with E-state index >= 15 is 0 Å². The molecule has 2 saturated heterocycles. The van der Waals surface area contributed by atoms with Crippen LogP contribution in [0.15, 0.2) is 18.2 Å². The summed E-state index contributed by atoms with van der Waals surface area (Å²) >= 11 is 0. The summed E-state index contributed by atoms with van der Waals surface area (Å²) in [7, 11) is 0. The molecule has 0 bridgehead atoms. The van der Waals surface area contributed by atoms with E-state index in [9.17, 15) is 0 Å². The Morgan fingerprint density at radius 2 is 2.43 bits per heavy atom. The third kappa shape index (κ3) is 2.56. The van der Waals surface area contributed by atoms with Gasteiger partial charge >= 0.3 is 0 Å². The van der Waals surface area contributed by atoms with Crippen molar-refractivity contribution in [3.05, 3.63) is 18.2 Å². The maximum atomic E-state index is 5.94. The lowest BCUT2D eigenvalue weighted by Gasteiger charge is -2.35. The Morgan fingerprint density at radius 1 is 1.48 bits per heavy atom. The topological polar surface area (TPSA) is 79.2 Å². The summed E-state index contributed by atoms with van der Waals surface area (Å²) in [5.74, 6) is 0.780. The van der Waals surface area contributed by atoms with Gasteiger partial charge in [0.1, 0.15) is 0 Å². The molecule has 0 spiro atoms. The molecule has 2 aliphatic rings. The minimum atomic E-state index is 0.234. The highest BCUT2D eigenvalue weighted by atomic mass is 16.5. The molecule has 4 rings (SSSR count). The first-order valence-electron chi connectivity index (χ1n) is 7.63. The van der Waals surface area contributed by atoms with Crippen molar-refractivity contribution in [2.75, 3.05) is 37.3 Å². The van der Waals surface area contributed by atoms with Crippen LogP contribution in [0.2, 0.25) is 0 Å². The zero-order valence-electron chi connectivity index (χ0n) is 12.0. The van der Waals surface area contributed by atoms with E-state index < -0.39 is 0 Å². The predicted octanol–water partition coefficient (Wildman–Crippen LogP) is 1.42. The zero-order valence-corrected chi connectivity index (χ0v) is 12.0. The number of hydrogen-bond donors (Lipinski definition) is 3. The summed E-state index contributed by atoms with van der Waals surface area (Å²) < 4.78 is 5.94. The summed E-state index contributed by atoms with van der Waals surface area (Å²) in [4.78, 5) is 10.3. The number of nitrogen functional groups attached to an aromatic ring is 1. The molecule has 2 aliphatic heterocycles. The fraction of sp³-hybridized carbons (Fsp3) is 0.533. The van der Waals surface area contributed by atoms with E-state index in [0.29, 0.717) is 6.04 Å². The van der Waals surface area contributed by atoms with Gasteiger partial charge in [0.15, 0.2) is 0 Å². The highest BCUT2D eigenvalue weighted by molar-refractivity contribution is 5.80. The monoisotopic (exact) mass is 287 g/mol. The van der Waals surface area contributed by atoms with Gasteiger partial charge in [-0.2, -0.15) is 0 Å². The molecule has 6 nitrogen and oxygen atoms in total. The second-order valence-corrected chi connectivity index (χ2v) is 5.99. The number of hydrogen-bond acceptors (Lipinski definition) is 5. The van der Waals surface area contributed by atoms with Gasteiger partial charge in [-0.25, -0.2) is 4.98 Å². The molecule has 21 heavy (non-hydrogen) atoms. The van der Waals surface area contributed by atoms with Crippen LogP contribution < -0.4 is 11.1 Å². The maximum Gasteiger partial charge on any atom is 0.201 e. The number of nitrogens with zero attached hydrogens (tertiary/aromatic N) is 2. The summed E-state index contributed by atoms with van der Waals surface area (Å²) in [6, 6.07) is 6.35. The number of ether oxygens (including phenoxy) is 1. The SMILES string of the molecule is Nc1ccc2nc(NCC3CN4CCCC4CO3)[nH]c2c1. The van der Waals surface area contributed by atoms with E-state index in [-0.39, 0.29) is 6.10 Å². The second-order valence-electron chi connectivity index (χ2n) is 5.99. The van der Waals surface area contributed by atoms with Crippen molar-refractivity contribution < 1.29 is 4.74 Å². The van der Waals surface area contributed by atoms with Crippen LogP contribution in [0.3, 0.4) is 0 Å². The highest BCUT2D eigenvalue weighted by Crippen LogP contribution is 2.23. The third-order valence-electron chi connectivity index (χ3n) is 4.46. The molecule has 2 aromatic rings. The Morgan fingerprint density at radius 3 is 3.38 bits per heavy atom. The first kappa shape index (κ1) is 12.9. The summed E-state index contributed by atoms with van der Waals surface area (Å²) in [6.07, 6.45) is 2.82. The Labute approximate surface area is 123 Å². The van der Waals surface area contributed by atoms with Gasteiger partial charge in [0.05, 0.1) is 23.7 Å². The van der Waals surface area contributed by atoms with Crippen molar-refractivity contribution in [1.82, 2.24) is 14.9 Å². The number of morpholine rings is 1. The number of aromatic nitrogens is 2. The molecule has 0 aliphatic carbocycles. The van der Waals surface area contributed by atoms with Crippen LogP contribution in [0.25, 0.3) is 11.0 Å². The van der Waals surface area contributed by atoms with Crippen molar-refractivity contribution in [3.63, 3.8) is 0 Å². The number of nitrogens with one attached hydrogen (secondary N) is 2. The van der Waals surface area contributed by atoms with E-state index in [1.807, 2.05) is 18.2 Å². The van der Waals surface area contributed by atoms with E-state index in [2.05, 4.69) is 20.2 Å². The van der Waals surface area contributed by atoms with Gasteiger partial charge in [0.2, 0.25) is 5.95 Å². The van der Waals surface area contributed by atoms with Crippen LogP contribution in [0, 0.1) is 0 Å². The fourth-order valence-electron chi connectivity index (χ4n) is 3.33. The average molecular weight is 287 g/mol. The number of nitrogens with two attached hydrogens (primary N) is 1. The van der Waals surface area contributed by atoms with Gasteiger partial charge in [-0.3, -0.25) is 4.90 Å². The number of anilines is 2. The second kappa shape index (κ2) is 5.20. The molecule has 0 amide bonds. The van der Waals surface area contributed by atoms with Gasteiger partial charge in [-0.05, 0) is 37.6 Å². The number of H-pyrrole nitrogens is 1. The van der Waals surface area contributed by atoms with E-state index in [1.54, 1.807) is 0 Å². The van der Waals surface area contributed by atoms with Gasteiger partial charge in [0, 0.05) is 24.8 Å². The fourth-order valence-corrected chi connectivity index (χ4v) is 3.33. The molecule has 4 N–H and O–H groups in total. The van der Waals surface area contributed by atoms with Crippen molar-refractivity contribution in [2.24, 2.45) is 0 Å². The smallest absolute Gasteiger partial charge is 0.201 e. The summed E-state index contributed by atoms with van der Waals surface area (Å²) in [5.41, 5.74) is 8.41. The molecule has 3 heterocycles. The Kier molecular flexibility index (Phi) is 3.20. The van der Waals surface area contributed by atoms with Crippen LogP contribution in [0.4, 0.5) is 11.6 Å². The summed E-state index contributed by atoms with van der Waals surface area (Å²) in [6.45, 7) is 3.88. The highest BCUT2D eigenvalue weighted by Gasteiger charge is 2.32. The molecule has 0 saturated carbocycles. The molecule has 2 unspecified atom stereocenters. The third-order valence-corrected chi connectivity index (χ3v) is 4.46. The van der Waals surface area contributed by atoms with Crippen LogP contribution in [0.1, 0.15) is 12.8 Å². The van der Waals surface area contributed by atoms with Crippen molar-refractivity contribution >= 4 is 22.7 Å².